The summed E-state index contributed by atoms with van der Waals surface area (Å²) in [6.07, 6.45) is 6.60. The number of amides is 1. The maximum absolute atomic E-state index is 13.0. The van der Waals surface area contributed by atoms with Crippen molar-refractivity contribution in [2.24, 2.45) is 0 Å². The quantitative estimate of drug-likeness (QED) is 0.351. The Bertz CT molecular complexity index is 1140. The Balaban J connectivity index is 1.48. The number of carbonyl (C=O) groups is 1. The second kappa shape index (κ2) is 10.5. The van der Waals surface area contributed by atoms with Crippen molar-refractivity contribution >= 4 is 5.91 Å². The molecule has 3 nitrogen and oxygen atoms in total. The number of aryl methyl sites for hydroxylation is 1. The van der Waals surface area contributed by atoms with Crippen molar-refractivity contribution in [3.63, 3.8) is 0 Å². The van der Waals surface area contributed by atoms with Gasteiger partial charge >= 0.3 is 0 Å². The van der Waals surface area contributed by atoms with Gasteiger partial charge in [0.1, 0.15) is 0 Å². The van der Waals surface area contributed by atoms with Crippen LogP contribution in [0.4, 0.5) is 0 Å². The van der Waals surface area contributed by atoms with Gasteiger partial charge in [-0.25, -0.2) is 0 Å². The van der Waals surface area contributed by atoms with E-state index in [-0.39, 0.29) is 11.9 Å². The van der Waals surface area contributed by atoms with Crippen LogP contribution in [0.5, 0.6) is 0 Å². The molecule has 1 N–H and O–H groups in total. The van der Waals surface area contributed by atoms with Crippen LogP contribution < -0.4 is 5.32 Å². The first-order valence-corrected chi connectivity index (χ1v) is 11.2. The minimum Gasteiger partial charge on any atom is -0.350 e. The molecule has 0 radical (unpaired) electrons. The lowest BCUT2D eigenvalue weighted by atomic mass is 9.92. The first-order valence-electron chi connectivity index (χ1n) is 11.2. The molecular weight excluding hydrogens is 392 g/mol. The fourth-order valence-electron chi connectivity index (χ4n) is 3.95. The summed E-state index contributed by atoms with van der Waals surface area (Å²) in [6, 6.07) is 30.7. The van der Waals surface area contributed by atoms with Crippen molar-refractivity contribution in [1.82, 2.24) is 10.3 Å². The number of hydrogen-bond acceptors (Lipinski definition) is 2. The zero-order chi connectivity index (χ0) is 22.2. The third kappa shape index (κ3) is 5.50. The molecule has 0 unspecified atom stereocenters. The molecule has 0 bridgehead atoms. The van der Waals surface area contributed by atoms with Gasteiger partial charge in [0.05, 0.1) is 0 Å². The molecule has 160 valence electrons. The highest BCUT2D eigenvalue weighted by Gasteiger charge is 2.14. The molecule has 0 saturated heterocycles. The van der Waals surface area contributed by atoms with Gasteiger partial charge in [0.15, 0.2) is 0 Å². The number of nitrogens with zero attached hydrogens (tertiary/aromatic N) is 1. The molecule has 1 heterocycles. The van der Waals surface area contributed by atoms with E-state index < -0.39 is 0 Å². The van der Waals surface area contributed by atoms with E-state index in [0.717, 1.165) is 41.5 Å². The molecule has 1 amide bonds. The molecule has 0 aliphatic carbocycles. The van der Waals surface area contributed by atoms with Gasteiger partial charge in [0.2, 0.25) is 0 Å². The number of nitrogens with one attached hydrogen (secondary N) is 1. The second-order valence-corrected chi connectivity index (χ2v) is 8.12. The Morgan fingerprint density at radius 3 is 2.19 bits per heavy atom. The molecule has 0 aliphatic rings. The number of pyridine rings is 1. The smallest absolute Gasteiger partial charge is 0.251 e. The SMILES string of the molecule is C[C@H](CCCc1cccnc1)NC(=O)c1ccc(-c2ccccc2)c(-c2ccccc2)c1. The zero-order valence-corrected chi connectivity index (χ0v) is 18.4. The van der Waals surface area contributed by atoms with Crippen LogP contribution in [0.2, 0.25) is 0 Å². The standard InChI is InChI=1S/C29H28N2O/c1-22(10-8-11-23-12-9-19-30-21-23)31-29(32)26-17-18-27(24-13-4-2-5-14-24)28(20-26)25-15-6-3-7-16-25/h2-7,9,12-22H,8,10-11H2,1H3,(H,31,32)/t22-/m1/s1. The number of aromatic nitrogens is 1. The topological polar surface area (TPSA) is 42.0 Å². The number of carbonyl (C=O) groups excluding carboxylic acids is 1. The van der Waals surface area contributed by atoms with Gasteiger partial charge in [-0.1, -0.05) is 72.8 Å². The molecule has 0 aliphatic heterocycles. The van der Waals surface area contributed by atoms with E-state index in [2.05, 4.69) is 53.6 Å². The number of rotatable bonds is 8. The van der Waals surface area contributed by atoms with Crippen molar-refractivity contribution < 1.29 is 4.79 Å². The molecule has 1 aromatic heterocycles. The van der Waals surface area contributed by atoms with Crippen LogP contribution in [-0.2, 0) is 6.42 Å². The van der Waals surface area contributed by atoms with E-state index in [1.807, 2.05) is 60.8 Å². The lowest BCUT2D eigenvalue weighted by Gasteiger charge is -2.16. The average Bonchev–Trinajstić information content (AvgIpc) is 2.85. The summed E-state index contributed by atoms with van der Waals surface area (Å²) in [5.74, 6) is -0.0318. The van der Waals surface area contributed by atoms with Gasteiger partial charge in [-0.2, -0.15) is 0 Å². The molecular formula is C29H28N2O. The van der Waals surface area contributed by atoms with Crippen LogP contribution in [0.15, 0.2) is 103 Å². The maximum Gasteiger partial charge on any atom is 0.251 e. The summed E-state index contributed by atoms with van der Waals surface area (Å²) < 4.78 is 0. The van der Waals surface area contributed by atoms with Gasteiger partial charge in [0.25, 0.3) is 5.91 Å². The maximum atomic E-state index is 13.0. The normalized spacial score (nSPS) is 11.7. The third-order valence-corrected chi connectivity index (χ3v) is 5.65. The molecule has 0 spiro atoms. The van der Waals surface area contributed by atoms with Crippen molar-refractivity contribution in [2.75, 3.05) is 0 Å². The summed E-state index contributed by atoms with van der Waals surface area (Å²) in [7, 11) is 0. The lowest BCUT2D eigenvalue weighted by molar-refractivity contribution is 0.0938. The first-order chi connectivity index (χ1) is 15.7. The average molecular weight is 421 g/mol. The van der Waals surface area contributed by atoms with E-state index >= 15 is 0 Å². The third-order valence-electron chi connectivity index (χ3n) is 5.65. The monoisotopic (exact) mass is 420 g/mol. The van der Waals surface area contributed by atoms with E-state index in [1.54, 1.807) is 6.20 Å². The van der Waals surface area contributed by atoms with Gasteiger partial charge in [0, 0.05) is 24.0 Å². The van der Waals surface area contributed by atoms with E-state index in [9.17, 15) is 4.79 Å². The van der Waals surface area contributed by atoms with Gasteiger partial charge in [-0.3, -0.25) is 9.78 Å². The van der Waals surface area contributed by atoms with Gasteiger partial charge < -0.3 is 5.32 Å². The first kappa shape index (κ1) is 21.5. The van der Waals surface area contributed by atoms with Crippen LogP contribution in [0.25, 0.3) is 22.3 Å². The molecule has 1 atom stereocenters. The Morgan fingerprint density at radius 2 is 1.53 bits per heavy atom. The molecule has 3 aromatic carbocycles. The number of benzene rings is 3. The van der Waals surface area contributed by atoms with Crippen LogP contribution in [-0.4, -0.2) is 16.9 Å². The fourth-order valence-corrected chi connectivity index (χ4v) is 3.95. The van der Waals surface area contributed by atoms with Crippen molar-refractivity contribution in [3.8, 4) is 22.3 Å². The molecule has 32 heavy (non-hydrogen) atoms. The summed E-state index contributed by atoms with van der Waals surface area (Å²) in [5, 5.41) is 3.17. The molecule has 0 saturated carbocycles. The van der Waals surface area contributed by atoms with Crippen molar-refractivity contribution in [3.05, 3.63) is 115 Å². The predicted molar refractivity (Wildman–Crippen MR) is 131 cm³/mol. The summed E-state index contributed by atoms with van der Waals surface area (Å²) in [4.78, 5) is 17.2. The Hall–Kier alpha value is -3.72. The summed E-state index contributed by atoms with van der Waals surface area (Å²) in [5.41, 5.74) is 6.34. The minimum absolute atomic E-state index is 0.0318. The summed E-state index contributed by atoms with van der Waals surface area (Å²) >= 11 is 0. The van der Waals surface area contributed by atoms with E-state index in [4.69, 9.17) is 0 Å². The molecule has 3 heteroatoms. The van der Waals surface area contributed by atoms with Crippen LogP contribution in [0, 0.1) is 0 Å². The predicted octanol–water partition coefficient (Wildman–Crippen LogP) is 6.56. The largest absolute Gasteiger partial charge is 0.350 e. The van der Waals surface area contributed by atoms with Crippen molar-refractivity contribution in [1.29, 1.82) is 0 Å². The van der Waals surface area contributed by atoms with Gasteiger partial charge in [-0.05, 0) is 72.2 Å². The highest BCUT2D eigenvalue weighted by atomic mass is 16.1. The fraction of sp³-hybridized carbons (Fsp3) is 0.172. The van der Waals surface area contributed by atoms with Crippen molar-refractivity contribution in [2.45, 2.75) is 32.2 Å². The van der Waals surface area contributed by atoms with Gasteiger partial charge in [-0.15, -0.1) is 0 Å². The molecule has 0 fully saturated rings. The Morgan fingerprint density at radius 1 is 0.844 bits per heavy atom. The summed E-state index contributed by atoms with van der Waals surface area (Å²) in [6.45, 7) is 2.07. The minimum atomic E-state index is -0.0318. The van der Waals surface area contributed by atoms with Crippen LogP contribution in [0.1, 0.15) is 35.7 Å². The number of hydrogen-bond donors (Lipinski definition) is 1. The molecule has 4 rings (SSSR count). The second-order valence-electron chi connectivity index (χ2n) is 8.12. The van der Waals surface area contributed by atoms with E-state index in [0.29, 0.717) is 5.56 Å². The van der Waals surface area contributed by atoms with Crippen LogP contribution >= 0.6 is 0 Å². The van der Waals surface area contributed by atoms with E-state index in [1.165, 1.54) is 5.56 Å². The molecule has 4 aromatic rings. The highest BCUT2D eigenvalue weighted by Crippen LogP contribution is 2.33. The highest BCUT2D eigenvalue weighted by molar-refractivity contribution is 5.97. The zero-order valence-electron chi connectivity index (χ0n) is 18.4. The Kier molecular flexibility index (Phi) is 7.08. The van der Waals surface area contributed by atoms with Crippen LogP contribution in [0.3, 0.4) is 0 Å². The lowest BCUT2D eigenvalue weighted by Crippen LogP contribution is -2.32. The Labute approximate surface area is 190 Å².